The fourth-order valence-corrected chi connectivity index (χ4v) is 2.49. The van der Waals surface area contributed by atoms with Gasteiger partial charge in [0.05, 0.1) is 23.9 Å². The number of imidazole rings is 1. The molecule has 0 bridgehead atoms. The second kappa shape index (κ2) is 7.69. The number of aromatic nitrogens is 2. The smallest absolute Gasteiger partial charge is 0.267 e. The Morgan fingerprint density at radius 1 is 1.19 bits per heavy atom. The van der Waals surface area contributed by atoms with Crippen molar-refractivity contribution in [2.24, 2.45) is 12.2 Å². The predicted molar refractivity (Wildman–Crippen MR) is 101 cm³/mol. The molecule has 1 amide bonds. The standard InChI is InChI=1S/C19H20N4O3/c1-13(14-8-10-15(25-3)11-9-14)22-26-12-18(24)21-19-20-16-6-4-5-7-17(16)23(19)2/h4-11H,12H2,1-3H3,(H,20,21,24)/b22-13-. The van der Waals surface area contributed by atoms with Crippen molar-refractivity contribution in [2.75, 3.05) is 19.0 Å². The van der Waals surface area contributed by atoms with E-state index in [4.69, 9.17) is 9.57 Å². The molecule has 0 fully saturated rings. The monoisotopic (exact) mass is 352 g/mol. The van der Waals surface area contributed by atoms with Crippen LogP contribution in [0.25, 0.3) is 11.0 Å². The zero-order chi connectivity index (χ0) is 18.5. The second-order valence-corrected chi connectivity index (χ2v) is 5.71. The Morgan fingerprint density at radius 3 is 2.62 bits per heavy atom. The molecule has 1 heterocycles. The van der Waals surface area contributed by atoms with Crippen molar-refractivity contribution in [3.05, 3.63) is 54.1 Å². The van der Waals surface area contributed by atoms with Gasteiger partial charge in [-0.15, -0.1) is 0 Å². The molecule has 7 nitrogen and oxygen atoms in total. The van der Waals surface area contributed by atoms with Crippen LogP contribution in [0.2, 0.25) is 0 Å². The van der Waals surface area contributed by atoms with E-state index >= 15 is 0 Å². The van der Waals surface area contributed by atoms with Gasteiger partial charge in [-0.3, -0.25) is 10.1 Å². The predicted octanol–water partition coefficient (Wildman–Crippen LogP) is 2.96. The van der Waals surface area contributed by atoms with Crippen LogP contribution in [-0.4, -0.2) is 34.9 Å². The molecule has 0 saturated carbocycles. The van der Waals surface area contributed by atoms with Crippen molar-refractivity contribution in [2.45, 2.75) is 6.92 Å². The number of carbonyl (C=O) groups is 1. The fraction of sp³-hybridized carbons (Fsp3) is 0.211. The minimum absolute atomic E-state index is 0.198. The second-order valence-electron chi connectivity index (χ2n) is 5.71. The summed E-state index contributed by atoms with van der Waals surface area (Å²) in [5.41, 5.74) is 3.32. The highest BCUT2D eigenvalue weighted by Crippen LogP contribution is 2.17. The molecule has 3 rings (SSSR count). The summed E-state index contributed by atoms with van der Waals surface area (Å²) >= 11 is 0. The number of ether oxygens (including phenoxy) is 1. The molecule has 1 N–H and O–H groups in total. The summed E-state index contributed by atoms with van der Waals surface area (Å²) in [6.45, 7) is 1.61. The molecule has 1 aromatic heterocycles. The minimum Gasteiger partial charge on any atom is -0.497 e. The normalized spacial score (nSPS) is 11.4. The SMILES string of the molecule is COc1ccc(/C(C)=N\OCC(=O)Nc2nc3ccccc3n2C)cc1. The van der Waals surface area contributed by atoms with Crippen molar-refractivity contribution in [1.82, 2.24) is 9.55 Å². The molecule has 134 valence electrons. The van der Waals surface area contributed by atoms with Crippen LogP contribution in [0.5, 0.6) is 5.75 Å². The quantitative estimate of drug-likeness (QED) is 0.546. The number of fused-ring (bicyclic) bond motifs is 1. The van der Waals surface area contributed by atoms with Crippen LogP contribution in [0.15, 0.2) is 53.7 Å². The van der Waals surface area contributed by atoms with Gasteiger partial charge in [-0.05, 0) is 48.9 Å². The Morgan fingerprint density at radius 2 is 1.92 bits per heavy atom. The highest BCUT2D eigenvalue weighted by molar-refractivity contribution is 5.98. The van der Waals surface area contributed by atoms with E-state index in [1.54, 1.807) is 7.11 Å². The minimum atomic E-state index is -0.324. The van der Waals surface area contributed by atoms with E-state index in [0.717, 1.165) is 22.3 Å². The first-order valence-corrected chi connectivity index (χ1v) is 8.11. The van der Waals surface area contributed by atoms with E-state index in [1.807, 2.05) is 67.1 Å². The van der Waals surface area contributed by atoms with Crippen LogP contribution in [0.1, 0.15) is 12.5 Å². The summed E-state index contributed by atoms with van der Waals surface area (Å²) < 4.78 is 6.94. The summed E-state index contributed by atoms with van der Waals surface area (Å²) in [6.07, 6.45) is 0. The van der Waals surface area contributed by atoms with E-state index in [9.17, 15) is 4.79 Å². The number of hydrogen-bond donors (Lipinski definition) is 1. The van der Waals surface area contributed by atoms with E-state index in [0.29, 0.717) is 11.7 Å². The van der Waals surface area contributed by atoms with E-state index in [2.05, 4.69) is 15.5 Å². The maximum absolute atomic E-state index is 12.1. The maximum Gasteiger partial charge on any atom is 0.267 e. The van der Waals surface area contributed by atoms with Crippen LogP contribution in [0.3, 0.4) is 0 Å². The number of nitrogens with one attached hydrogen (secondary N) is 1. The molecule has 0 aliphatic carbocycles. The number of carbonyl (C=O) groups excluding carboxylic acids is 1. The van der Waals surface area contributed by atoms with Crippen molar-refractivity contribution in [3.8, 4) is 5.75 Å². The lowest BCUT2D eigenvalue weighted by Gasteiger charge is -2.05. The molecule has 0 aliphatic heterocycles. The number of anilines is 1. The molecule has 2 aromatic carbocycles. The molecule has 0 radical (unpaired) electrons. The summed E-state index contributed by atoms with van der Waals surface area (Å²) in [4.78, 5) is 21.6. The topological polar surface area (TPSA) is 77.7 Å². The average Bonchev–Trinajstić information content (AvgIpc) is 2.97. The summed E-state index contributed by atoms with van der Waals surface area (Å²) in [6, 6.07) is 15.1. The number of para-hydroxylation sites is 2. The first-order chi connectivity index (χ1) is 12.6. The van der Waals surface area contributed by atoms with Gasteiger partial charge in [0.25, 0.3) is 5.91 Å². The summed E-state index contributed by atoms with van der Waals surface area (Å²) in [5.74, 6) is 0.912. The van der Waals surface area contributed by atoms with E-state index in [1.165, 1.54) is 0 Å². The van der Waals surface area contributed by atoms with Gasteiger partial charge in [-0.2, -0.15) is 0 Å². The van der Waals surface area contributed by atoms with Gasteiger partial charge in [0, 0.05) is 7.05 Å². The number of hydrogen-bond acceptors (Lipinski definition) is 5. The van der Waals surface area contributed by atoms with E-state index < -0.39 is 0 Å². The molecule has 7 heteroatoms. The lowest BCUT2D eigenvalue weighted by molar-refractivity contribution is -0.120. The Bertz CT molecular complexity index is 945. The molecular weight excluding hydrogens is 332 g/mol. The molecule has 26 heavy (non-hydrogen) atoms. The third-order valence-corrected chi connectivity index (χ3v) is 3.94. The Hall–Kier alpha value is -3.35. The zero-order valence-electron chi connectivity index (χ0n) is 14.9. The molecule has 0 saturated heterocycles. The molecule has 3 aromatic rings. The number of nitrogens with zero attached hydrogens (tertiary/aromatic N) is 3. The van der Waals surface area contributed by atoms with Gasteiger partial charge in [0.1, 0.15) is 5.75 Å². The van der Waals surface area contributed by atoms with Crippen LogP contribution >= 0.6 is 0 Å². The highest BCUT2D eigenvalue weighted by atomic mass is 16.6. The van der Waals surface area contributed by atoms with E-state index in [-0.39, 0.29) is 12.5 Å². The summed E-state index contributed by atoms with van der Waals surface area (Å²) in [7, 11) is 3.46. The van der Waals surface area contributed by atoms with Crippen molar-refractivity contribution in [3.63, 3.8) is 0 Å². The van der Waals surface area contributed by atoms with Gasteiger partial charge >= 0.3 is 0 Å². The maximum atomic E-state index is 12.1. The van der Waals surface area contributed by atoms with Gasteiger partial charge < -0.3 is 14.1 Å². The average molecular weight is 352 g/mol. The lowest BCUT2D eigenvalue weighted by Crippen LogP contribution is -2.19. The molecule has 0 unspecified atom stereocenters. The number of oxime groups is 1. The number of amides is 1. The zero-order valence-corrected chi connectivity index (χ0v) is 14.9. The van der Waals surface area contributed by atoms with Crippen molar-refractivity contribution in [1.29, 1.82) is 0 Å². The summed E-state index contributed by atoms with van der Waals surface area (Å²) in [5, 5.41) is 6.71. The highest BCUT2D eigenvalue weighted by Gasteiger charge is 2.10. The van der Waals surface area contributed by atoms with Crippen molar-refractivity contribution >= 4 is 28.6 Å². The number of aryl methyl sites for hydroxylation is 1. The Balaban J connectivity index is 1.58. The third kappa shape index (κ3) is 3.83. The molecule has 0 aliphatic rings. The van der Waals surface area contributed by atoms with Crippen LogP contribution in [-0.2, 0) is 16.7 Å². The van der Waals surface area contributed by atoms with Crippen LogP contribution in [0, 0.1) is 0 Å². The molecule has 0 atom stereocenters. The Kier molecular flexibility index (Phi) is 5.17. The number of benzene rings is 2. The largest absolute Gasteiger partial charge is 0.497 e. The number of rotatable bonds is 6. The molecule has 0 spiro atoms. The van der Waals surface area contributed by atoms with Crippen molar-refractivity contribution < 1.29 is 14.4 Å². The fourth-order valence-electron chi connectivity index (χ4n) is 2.49. The van der Waals surface area contributed by atoms with Gasteiger partial charge in [0.15, 0.2) is 6.61 Å². The van der Waals surface area contributed by atoms with Gasteiger partial charge in [-0.1, -0.05) is 17.3 Å². The molecular formula is C19H20N4O3. The van der Waals surface area contributed by atoms with Gasteiger partial charge in [-0.25, -0.2) is 4.98 Å². The van der Waals surface area contributed by atoms with Gasteiger partial charge in [0.2, 0.25) is 5.95 Å². The van der Waals surface area contributed by atoms with Crippen LogP contribution < -0.4 is 10.1 Å². The Labute approximate surface area is 151 Å². The first kappa shape index (κ1) is 17.5. The van der Waals surface area contributed by atoms with Crippen LogP contribution in [0.4, 0.5) is 5.95 Å². The lowest BCUT2D eigenvalue weighted by atomic mass is 10.1. The third-order valence-electron chi connectivity index (χ3n) is 3.94. The first-order valence-electron chi connectivity index (χ1n) is 8.11. The number of methoxy groups -OCH3 is 1.